The molecule has 1 N–H and O–H groups in total. The Balaban J connectivity index is 1.34. The summed E-state index contributed by atoms with van der Waals surface area (Å²) in [4.78, 5) is 32.6. The van der Waals surface area contributed by atoms with Crippen LogP contribution in [-0.2, 0) is 33.7 Å². The van der Waals surface area contributed by atoms with E-state index in [-0.39, 0.29) is 11.9 Å². The average Bonchev–Trinajstić information content (AvgIpc) is 2.88. The zero-order chi connectivity index (χ0) is 26.9. The lowest BCUT2D eigenvalue weighted by Crippen LogP contribution is -2.46. The molecule has 1 fully saturated rings. The number of ether oxygens (including phenoxy) is 2. The maximum atomic E-state index is 13.1. The van der Waals surface area contributed by atoms with Gasteiger partial charge in [0.25, 0.3) is 0 Å². The molecule has 3 aliphatic rings. The minimum atomic E-state index is -0.553. The molecule has 38 heavy (non-hydrogen) atoms. The third-order valence-electron chi connectivity index (χ3n) is 6.87. The van der Waals surface area contributed by atoms with Crippen LogP contribution in [0.5, 0.6) is 0 Å². The van der Waals surface area contributed by atoms with E-state index in [0.29, 0.717) is 28.2 Å². The Bertz CT molecular complexity index is 1280. The van der Waals surface area contributed by atoms with Gasteiger partial charge in [-0.25, -0.2) is 9.78 Å². The fourth-order valence-corrected chi connectivity index (χ4v) is 6.49. The second kappa shape index (κ2) is 10.9. The maximum absolute atomic E-state index is 13.1. The molecule has 1 aromatic carbocycles. The normalized spacial score (nSPS) is 20.0. The lowest BCUT2D eigenvalue weighted by atomic mass is 10.00. The lowest BCUT2D eigenvalue weighted by Gasteiger charge is -2.42. The Labute approximate surface area is 225 Å². The van der Waals surface area contributed by atoms with E-state index in [0.717, 1.165) is 59.8 Å². The summed E-state index contributed by atoms with van der Waals surface area (Å²) in [6.45, 7) is 10.4. The van der Waals surface area contributed by atoms with Crippen molar-refractivity contribution in [1.29, 1.82) is 0 Å². The van der Waals surface area contributed by atoms with Crippen LogP contribution in [0.15, 0.2) is 59.3 Å². The molecule has 5 rings (SSSR count). The van der Waals surface area contributed by atoms with Crippen molar-refractivity contribution in [2.75, 3.05) is 25.0 Å². The Morgan fingerprint density at radius 2 is 2.03 bits per heavy atom. The van der Waals surface area contributed by atoms with Gasteiger partial charge in [0.1, 0.15) is 23.6 Å². The highest BCUT2D eigenvalue weighted by atomic mass is 31.1. The van der Waals surface area contributed by atoms with Crippen molar-refractivity contribution in [3.05, 3.63) is 76.0 Å². The van der Waals surface area contributed by atoms with Crippen LogP contribution in [0, 0.1) is 0 Å². The summed E-state index contributed by atoms with van der Waals surface area (Å²) >= 11 is 0. The molecule has 1 aromatic heterocycles. The Hall–Kier alpha value is -3.22. The number of morpholine rings is 1. The number of hydrogen-bond donors (Lipinski definition) is 1. The number of nitrogens with zero attached hydrogens (tertiary/aromatic N) is 3. The molecule has 2 aromatic rings. The number of nitrogens with one attached hydrogen (secondary N) is 1. The number of pyridine rings is 1. The van der Waals surface area contributed by atoms with Gasteiger partial charge in [0.15, 0.2) is 0 Å². The van der Waals surface area contributed by atoms with Gasteiger partial charge in [-0.05, 0) is 80.4 Å². The number of amides is 1. The number of carbonyl (C=O) groups is 2. The molecular formula is C29H35N4O4P. The molecule has 1 amide bonds. The van der Waals surface area contributed by atoms with Gasteiger partial charge >= 0.3 is 6.09 Å². The molecule has 0 aliphatic carbocycles. The molecule has 0 bridgehead atoms. The number of anilines is 2. The number of benzene rings is 1. The number of carbonyl (C=O) groups excluding carboxylic acids is 2. The number of aldehydes is 1. The van der Waals surface area contributed by atoms with Gasteiger partial charge in [-0.1, -0.05) is 20.7 Å². The fourth-order valence-electron chi connectivity index (χ4n) is 5.04. The van der Waals surface area contributed by atoms with Crippen molar-refractivity contribution in [1.82, 2.24) is 14.8 Å². The first kappa shape index (κ1) is 26.4. The molecule has 0 spiro atoms. The largest absolute Gasteiger partial charge is 0.443 e. The molecule has 8 nitrogen and oxygen atoms in total. The van der Waals surface area contributed by atoms with Gasteiger partial charge in [-0.15, -0.1) is 0 Å². The Morgan fingerprint density at radius 3 is 2.76 bits per heavy atom. The summed E-state index contributed by atoms with van der Waals surface area (Å²) in [6, 6.07) is 9.95. The SMILES string of the molecule is CC1=C2C(OCCN2C(=O)OC(C)(C)C)PC=C1N1CCc2cnc(Nc3ccc(CC=O)cc3)cc2C1. The Morgan fingerprint density at radius 1 is 1.24 bits per heavy atom. The molecule has 0 radical (unpaired) electrons. The van der Waals surface area contributed by atoms with E-state index in [1.54, 1.807) is 4.90 Å². The van der Waals surface area contributed by atoms with Gasteiger partial charge in [-0.2, -0.15) is 0 Å². The smallest absolute Gasteiger partial charge is 0.414 e. The second-order valence-corrected chi connectivity index (χ2v) is 11.9. The minimum absolute atomic E-state index is 0.102. The molecular weight excluding hydrogens is 499 g/mol. The third kappa shape index (κ3) is 5.77. The minimum Gasteiger partial charge on any atom is -0.443 e. The van der Waals surface area contributed by atoms with E-state index in [1.807, 2.05) is 51.2 Å². The van der Waals surface area contributed by atoms with E-state index in [4.69, 9.17) is 9.47 Å². The lowest BCUT2D eigenvalue weighted by molar-refractivity contribution is -0.107. The molecule has 4 heterocycles. The molecule has 2 unspecified atom stereocenters. The molecule has 0 saturated carbocycles. The topological polar surface area (TPSA) is 84.0 Å². The fraction of sp³-hybridized carbons (Fsp3) is 0.414. The first-order valence-corrected chi connectivity index (χ1v) is 14.2. The predicted octanol–water partition coefficient (Wildman–Crippen LogP) is 5.33. The number of aromatic nitrogens is 1. The highest BCUT2D eigenvalue weighted by Gasteiger charge is 2.37. The molecule has 3 aliphatic heterocycles. The van der Waals surface area contributed by atoms with Crippen LogP contribution in [0.2, 0.25) is 0 Å². The summed E-state index contributed by atoms with van der Waals surface area (Å²) < 4.78 is 11.8. The summed E-state index contributed by atoms with van der Waals surface area (Å²) in [7, 11) is 0.439. The Kier molecular flexibility index (Phi) is 7.55. The monoisotopic (exact) mass is 534 g/mol. The molecule has 9 heteroatoms. The van der Waals surface area contributed by atoms with Crippen molar-refractivity contribution in [2.24, 2.45) is 0 Å². The van der Waals surface area contributed by atoms with E-state index in [2.05, 4.69) is 34.0 Å². The van der Waals surface area contributed by atoms with Crippen molar-refractivity contribution in [3.8, 4) is 0 Å². The van der Waals surface area contributed by atoms with Crippen LogP contribution in [-0.4, -0.2) is 58.3 Å². The summed E-state index contributed by atoms with van der Waals surface area (Å²) in [5, 5.41) is 3.39. The van der Waals surface area contributed by atoms with Gasteiger partial charge in [0.05, 0.1) is 18.8 Å². The third-order valence-corrected chi connectivity index (χ3v) is 8.06. The van der Waals surface area contributed by atoms with E-state index in [9.17, 15) is 9.59 Å². The number of fused-ring (bicyclic) bond motifs is 2. The summed E-state index contributed by atoms with van der Waals surface area (Å²) in [5.74, 6) is 2.96. The van der Waals surface area contributed by atoms with Gasteiger partial charge < -0.3 is 24.5 Å². The summed E-state index contributed by atoms with van der Waals surface area (Å²) in [5.41, 5.74) is 7.03. The van der Waals surface area contributed by atoms with Crippen molar-refractivity contribution >= 4 is 32.5 Å². The van der Waals surface area contributed by atoms with Gasteiger partial charge in [-0.3, -0.25) is 4.90 Å². The first-order valence-electron chi connectivity index (χ1n) is 13.0. The number of allylic oxidation sites excluding steroid dienone is 1. The highest BCUT2D eigenvalue weighted by Crippen LogP contribution is 2.44. The van der Waals surface area contributed by atoms with E-state index >= 15 is 0 Å². The van der Waals surface area contributed by atoms with Crippen molar-refractivity contribution in [3.63, 3.8) is 0 Å². The van der Waals surface area contributed by atoms with Crippen LogP contribution in [0.3, 0.4) is 0 Å². The van der Waals surface area contributed by atoms with Crippen LogP contribution >= 0.6 is 8.58 Å². The van der Waals surface area contributed by atoms with Gasteiger partial charge in [0, 0.05) is 37.1 Å². The van der Waals surface area contributed by atoms with Crippen LogP contribution in [0.1, 0.15) is 44.4 Å². The molecule has 200 valence electrons. The van der Waals surface area contributed by atoms with Crippen LogP contribution < -0.4 is 5.32 Å². The quantitative estimate of drug-likeness (QED) is 0.410. The van der Waals surface area contributed by atoms with Gasteiger partial charge in [0.2, 0.25) is 0 Å². The molecule has 1 saturated heterocycles. The zero-order valence-corrected chi connectivity index (χ0v) is 23.4. The zero-order valence-electron chi connectivity index (χ0n) is 22.4. The van der Waals surface area contributed by atoms with E-state index in [1.165, 1.54) is 11.1 Å². The highest BCUT2D eigenvalue weighted by molar-refractivity contribution is 7.42. The number of rotatable bonds is 5. The first-order chi connectivity index (χ1) is 18.2. The maximum Gasteiger partial charge on any atom is 0.414 e. The second-order valence-electron chi connectivity index (χ2n) is 10.8. The predicted molar refractivity (Wildman–Crippen MR) is 150 cm³/mol. The van der Waals surface area contributed by atoms with E-state index < -0.39 is 5.60 Å². The van der Waals surface area contributed by atoms with Crippen LogP contribution in [0.4, 0.5) is 16.3 Å². The van der Waals surface area contributed by atoms with Crippen LogP contribution in [0.25, 0.3) is 0 Å². The van der Waals surface area contributed by atoms with Crippen molar-refractivity contribution in [2.45, 2.75) is 58.5 Å². The number of hydrogen-bond acceptors (Lipinski definition) is 7. The standard InChI is InChI=1S/C29H35N4O4P/c1-19-24(18-38-27-26(19)33(12-14-36-27)28(35)37-29(2,3)4)32-11-9-21-16-30-25(15-22(21)17-32)31-23-7-5-20(6-8-23)10-13-34/h5-8,13,15-16,18,27,38H,9-12,14,17H2,1-4H3,(H,30,31). The summed E-state index contributed by atoms with van der Waals surface area (Å²) in [6.07, 6.45) is 3.89. The average molecular weight is 535 g/mol. The molecule has 2 atom stereocenters. The van der Waals surface area contributed by atoms with Crippen molar-refractivity contribution < 1.29 is 19.1 Å².